The average molecular weight is 358 g/mol. The van der Waals surface area contributed by atoms with Crippen LogP contribution in [0, 0.1) is 0 Å². The first kappa shape index (κ1) is 18.9. The van der Waals surface area contributed by atoms with Crippen LogP contribution in [-0.4, -0.2) is 48.9 Å². The van der Waals surface area contributed by atoms with E-state index in [4.69, 9.17) is 5.73 Å². The minimum absolute atomic E-state index is 0.183. The molecule has 2 amide bonds. The standard InChI is InChI=1S/C20H30N4O2/c21-11-1-2-12-24-13-9-16(10-14-24)15-3-5-17(6-4-15)22-18-7-8-19(25)23-20(18)26/h3-6,16,18,22H,1-2,7-14,21H2,(H,23,25,26). The fourth-order valence-corrected chi connectivity index (χ4v) is 3.85. The number of amides is 2. The van der Waals surface area contributed by atoms with Crippen molar-refractivity contribution in [1.82, 2.24) is 10.2 Å². The molecule has 0 radical (unpaired) electrons. The molecule has 0 aromatic heterocycles. The summed E-state index contributed by atoms with van der Waals surface area (Å²) in [5.41, 5.74) is 7.87. The molecule has 3 rings (SSSR count). The summed E-state index contributed by atoms with van der Waals surface area (Å²) >= 11 is 0. The molecule has 0 bridgehead atoms. The number of piperidine rings is 2. The molecule has 1 aromatic carbocycles. The first-order valence-electron chi connectivity index (χ1n) is 9.78. The zero-order valence-electron chi connectivity index (χ0n) is 15.4. The smallest absolute Gasteiger partial charge is 0.249 e. The molecule has 0 aliphatic carbocycles. The van der Waals surface area contributed by atoms with Crippen LogP contribution in [0.25, 0.3) is 0 Å². The van der Waals surface area contributed by atoms with Gasteiger partial charge in [-0.3, -0.25) is 14.9 Å². The van der Waals surface area contributed by atoms with Crippen LogP contribution in [0.15, 0.2) is 24.3 Å². The van der Waals surface area contributed by atoms with Crippen LogP contribution in [0.4, 0.5) is 5.69 Å². The van der Waals surface area contributed by atoms with Crippen LogP contribution in [0.2, 0.25) is 0 Å². The van der Waals surface area contributed by atoms with Crippen molar-refractivity contribution in [3.8, 4) is 0 Å². The number of rotatable bonds is 7. The third-order valence-corrected chi connectivity index (χ3v) is 5.48. The highest BCUT2D eigenvalue weighted by atomic mass is 16.2. The Morgan fingerprint density at radius 1 is 1.08 bits per heavy atom. The maximum atomic E-state index is 11.8. The number of hydrogen-bond donors (Lipinski definition) is 3. The average Bonchev–Trinajstić information content (AvgIpc) is 2.65. The molecule has 1 aromatic rings. The molecule has 2 saturated heterocycles. The predicted molar refractivity (Wildman–Crippen MR) is 103 cm³/mol. The summed E-state index contributed by atoms with van der Waals surface area (Å²) in [6.45, 7) is 4.27. The molecular formula is C20H30N4O2. The van der Waals surface area contributed by atoms with E-state index in [0.29, 0.717) is 18.8 Å². The number of nitrogens with one attached hydrogen (secondary N) is 2. The minimum Gasteiger partial charge on any atom is -0.374 e. The van der Waals surface area contributed by atoms with Crippen molar-refractivity contribution in [2.24, 2.45) is 5.73 Å². The van der Waals surface area contributed by atoms with E-state index in [2.05, 4.69) is 27.7 Å². The van der Waals surface area contributed by atoms with Crippen molar-refractivity contribution in [1.29, 1.82) is 0 Å². The Morgan fingerprint density at radius 2 is 1.81 bits per heavy atom. The van der Waals surface area contributed by atoms with Gasteiger partial charge in [-0.05, 0) is 81.9 Å². The van der Waals surface area contributed by atoms with Gasteiger partial charge >= 0.3 is 0 Å². The van der Waals surface area contributed by atoms with E-state index in [1.807, 2.05) is 12.1 Å². The SMILES string of the molecule is NCCCCN1CCC(c2ccc(NC3CCC(=O)NC3=O)cc2)CC1. The molecule has 2 aliphatic rings. The maximum absolute atomic E-state index is 11.8. The molecule has 4 N–H and O–H groups in total. The quantitative estimate of drug-likeness (QED) is 0.511. The molecule has 0 spiro atoms. The predicted octanol–water partition coefficient (Wildman–Crippen LogP) is 1.82. The first-order valence-corrected chi connectivity index (χ1v) is 9.78. The van der Waals surface area contributed by atoms with Crippen LogP contribution < -0.4 is 16.4 Å². The van der Waals surface area contributed by atoms with E-state index in [1.165, 1.54) is 31.4 Å². The van der Waals surface area contributed by atoms with Crippen LogP contribution in [-0.2, 0) is 9.59 Å². The number of nitrogens with zero attached hydrogens (tertiary/aromatic N) is 1. The van der Waals surface area contributed by atoms with Crippen LogP contribution >= 0.6 is 0 Å². The van der Waals surface area contributed by atoms with E-state index in [-0.39, 0.29) is 17.9 Å². The summed E-state index contributed by atoms with van der Waals surface area (Å²) in [6, 6.07) is 8.11. The highest BCUT2D eigenvalue weighted by molar-refractivity contribution is 6.01. The maximum Gasteiger partial charge on any atom is 0.249 e. The zero-order valence-corrected chi connectivity index (χ0v) is 15.4. The van der Waals surface area contributed by atoms with Gasteiger partial charge in [0.1, 0.15) is 6.04 Å². The molecule has 2 aliphatic heterocycles. The molecular weight excluding hydrogens is 328 g/mol. The van der Waals surface area contributed by atoms with Gasteiger partial charge in [0.25, 0.3) is 0 Å². The monoisotopic (exact) mass is 358 g/mol. The van der Waals surface area contributed by atoms with Gasteiger partial charge in [0.15, 0.2) is 0 Å². The number of imide groups is 1. The molecule has 142 valence electrons. The lowest BCUT2D eigenvalue weighted by atomic mass is 9.89. The largest absolute Gasteiger partial charge is 0.374 e. The second kappa shape index (κ2) is 9.14. The van der Waals surface area contributed by atoms with Crippen LogP contribution in [0.3, 0.4) is 0 Å². The lowest BCUT2D eigenvalue weighted by Crippen LogP contribution is -2.47. The normalized spacial score (nSPS) is 22.3. The van der Waals surface area contributed by atoms with Crippen molar-refractivity contribution in [3.05, 3.63) is 29.8 Å². The van der Waals surface area contributed by atoms with Crippen molar-refractivity contribution in [3.63, 3.8) is 0 Å². The Bertz CT molecular complexity index is 609. The molecule has 6 nitrogen and oxygen atoms in total. The molecule has 1 unspecified atom stereocenters. The van der Waals surface area contributed by atoms with E-state index in [1.54, 1.807) is 0 Å². The fourth-order valence-electron chi connectivity index (χ4n) is 3.85. The Labute approximate surface area is 155 Å². The number of unbranched alkanes of at least 4 members (excludes halogenated alkanes) is 1. The number of carbonyl (C=O) groups excluding carboxylic acids is 2. The Kier molecular flexibility index (Phi) is 6.63. The summed E-state index contributed by atoms with van der Waals surface area (Å²) in [6.07, 6.45) is 5.65. The minimum atomic E-state index is -0.324. The van der Waals surface area contributed by atoms with Crippen molar-refractivity contribution in [2.45, 2.75) is 50.5 Å². The van der Waals surface area contributed by atoms with Gasteiger partial charge in [0, 0.05) is 12.1 Å². The molecule has 2 heterocycles. The molecule has 6 heteroatoms. The summed E-state index contributed by atoms with van der Waals surface area (Å²) in [5.74, 6) is 0.204. The number of nitrogens with two attached hydrogens (primary N) is 1. The van der Waals surface area contributed by atoms with Crippen LogP contribution in [0.5, 0.6) is 0 Å². The molecule has 26 heavy (non-hydrogen) atoms. The second-order valence-corrected chi connectivity index (χ2v) is 7.38. The van der Waals surface area contributed by atoms with Gasteiger partial charge < -0.3 is 16.0 Å². The van der Waals surface area contributed by atoms with Gasteiger partial charge in [-0.1, -0.05) is 12.1 Å². The number of anilines is 1. The van der Waals surface area contributed by atoms with Gasteiger partial charge in [-0.15, -0.1) is 0 Å². The van der Waals surface area contributed by atoms with E-state index in [0.717, 1.165) is 31.7 Å². The topological polar surface area (TPSA) is 87.5 Å². The zero-order chi connectivity index (χ0) is 18.4. The first-order chi connectivity index (χ1) is 12.7. The summed E-state index contributed by atoms with van der Waals surface area (Å²) < 4.78 is 0. The van der Waals surface area contributed by atoms with E-state index >= 15 is 0 Å². The third-order valence-electron chi connectivity index (χ3n) is 5.48. The summed E-state index contributed by atoms with van der Waals surface area (Å²) in [7, 11) is 0. The van der Waals surface area contributed by atoms with Gasteiger partial charge in [-0.25, -0.2) is 0 Å². The number of likely N-dealkylation sites (tertiary alicyclic amines) is 1. The number of hydrogen-bond acceptors (Lipinski definition) is 5. The highest BCUT2D eigenvalue weighted by Crippen LogP contribution is 2.29. The lowest BCUT2D eigenvalue weighted by Gasteiger charge is -2.32. The summed E-state index contributed by atoms with van der Waals surface area (Å²) in [5, 5.41) is 5.62. The van der Waals surface area contributed by atoms with Crippen LogP contribution in [0.1, 0.15) is 50.0 Å². The Morgan fingerprint density at radius 3 is 2.46 bits per heavy atom. The molecule has 0 saturated carbocycles. The third kappa shape index (κ3) is 5.05. The highest BCUT2D eigenvalue weighted by Gasteiger charge is 2.26. The van der Waals surface area contributed by atoms with Gasteiger partial charge in [0.05, 0.1) is 0 Å². The van der Waals surface area contributed by atoms with Crippen molar-refractivity contribution < 1.29 is 9.59 Å². The Balaban J connectivity index is 1.47. The van der Waals surface area contributed by atoms with Gasteiger partial charge in [0.2, 0.25) is 11.8 Å². The van der Waals surface area contributed by atoms with Gasteiger partial charge in [-0.2, -0.15) is 0 Å². The Hall–Kier alpha value is -1.92. The lowest BCUT2D eigenvalue weighted by molar-refractivity contribution is -0.133. The van der Waals surface area contributed by atoms with E-state index < -0.39 is 0 Å². The molecule has 1 atom stereocenters. The number of carbonyl (C=O) groups is 2. The molecule has 2 fully saturated rings. The van der Waals surface area contributed by atoms with E-state index in [9.17, 15) is 9.59 Å². The van der Waals surface area contributed by atoms with Crippen molar-refractivity contribution in [2.75, 3.05) is 31.5 Å². The van der Waals surface area contributed by atoms with Crippen molar-refractivity contribution >= 4 is 17.5 Å². The summed E-state index contributed by atoms with van der Waals surface area (Å²) in [4.78, 5) is 25.6. The fraction of sp³-hybridized carbons (Fsp3) is 0.600. The number of benzene rings is 1. The second-order valence-electron chi connectivity index (χ2n) is 7.38.